The zero-order valence-corrected chi connectivity index (χ0v) is 15.6. The molecular formula is C19H22ClN3O3. The van der Waals surface area contributed by atoms with Crippen molar-refractivity contribution in [3.05, 3.63) is 52.7 Å². The second-order valence-electron chi connectivity index (χ2n) is 5.85. The van der Waals surface area contributed by atoms with Crippen LogP contribution in [0.25, 0.3) is 0 Å². The number of carbonyl (C=O) groups excluding carboxylic acids is 1. The molecule has 0 saturated heterocycles. The molecule has 1 aromatic heterocycles. The summed E-state index contributed by atoms with van der Waals surface area (Å²) in [6, 6.07) is 7.96. The first-order valence-corrected chi connectivity index (χ1v) is 8.89. The van der Waals surface area contributed by atoms with E-state index in [2.05, 4.69) is 10.3 Å². The molecule has 0 fully saturated rings. The average molecular weight is 376 g/mol. The maximum absolute atomic E-state index is 12.3. The second-order valence-corrected chi connectivity index (χ2v) is 6.29. The van der Waals surface area contributed by atoms with Crippen molar-refractivity contribution in [3.63, 3.8) is 0 Å². The Bertz CT molecular complexity index is 789. The molecule has 0 aliphatic carbocycles. The van der Waals surface area contributed by atoms with Crippen molar-refractivity contribution in [2.45, 2.75) is 26.7 Å². The second kappa shape index (κ2) is 9.20. The van der Waals surface area contributed by atoms with Crippen LogP contribution in [0.15, 0.2) is 36.5 Å². The Hall–Kier alpha value is -2.60. The lowest BCUT2D eigenvalue weighted by Gasteiger charge is -2.24. The number of nitrogens with one attached hydrogen (secondary N) is 1. The molecule has 1 aromatic carbocycles. The zero-order chi connectivity index (χ0) is 19.1. The molecule has 0 spiro atoms. The van der Waals surface area contributed by atoms with Gasteiger partial charge in [0.25, 0.3) is 5.91 Å². The summed E-state index contributed by atoms with van der Waals surface area (Å²) in [4.78, 5) is 30.3. The van der Waals surface area contributed by atoms with Crippen molar-refractivity contribution in [3.8, 4) is 0 Å². The molecule has 0 aliphatic heterocycles. The summed E-state index contributed by atoms with van der Waals surface area (Å²) in [5, 5.41) is 12.7. The van der Waals surface area contributed by atoms with E-state index in [0.29, 0.717) is 22.1 Å². The van der Waals surface area contributed by atoms with Crippen LogP contribution in [0.4, 0.5) is 11.5 Å². The summed E-state index contributed by atoms with van der Waals surface area (Å²) in [6.07, 6.45) is 3.24. The monoisotopic (exact) mass is 375 g/mol. The Balaban J connectivity index is 2.29. The van der Waals surface area contributed by atoms with Crippen LogP contribution in [-0.4, -0.2) is 35.1 Å². The number of halogens is 1. The lowest BCUT2D eigenvalue weighted by molar-refractivity contribution is 0.0696. The van der Waals surface area contributed by atoms with Crippen LogP contribution >= 0.6 is 11.6 Å². The fourth-order valence-electron chi connectivity index (χ4n) is 2.63. The number of rotatable bonds is 8. The van der Waals surface area contributed by atoms with Gasteiger partial charge in [-0.3, -0.25) is 4.79 Å². The summed E-state index contributed by atoms with van der Waals surface area (Å²) in [6.45, 7) is 5.50. The summed E-state index contributed by atoms with van der Waals surface area (Å²) in [5.74, 6) is -1.04. The van der Waals surface area contributed by atoms with Crippen molar-refractivity contribution < 1.29 is 14.7 Å². The predicted molar refractivity (Wildman–Crippen MR) is 103 cm³/mol. The molecule has 2 aromatic rings. The first-order chi connectivity index (χ1) is 12.5. The van der Waals surface area contributed by atoms with E-state index in [1.54, 1.807) is 24.3 Å². The lowest BCUT2D eigenvalue weighted by Crippen LogP contribution is -2.28. The molecule has 0 radical (unpaired) electrons. The van der Waals surface area contributed by atoms with Gasteiger partial charge in [-0.25, -0.2) is 9.78 Å². The number of carboxylic acid groups (broad SMARTS) is 1. The molecule has 7 heteroatoms. The molecule has 0 bridgehead atoms. The van der Waals surface area contributed by atoms with Crippen LogP contribution in [0.1, 0.15) is 47.4 Å². The van der Waals surface area contributed by atoms with Gasteiger partial charge in [-0.2, -0.15) is 0 Å². The van der Waals surface area contributed by atoms with Crippen molar-refractivity contribution in [1.29, 1.82) is 0 Å². The van der Waals surface area contributed by atoms with Gasteiger partial charge >= 0.3 is 5.97 Å². The minimum Gasteiger partial charge on any atom is -0.478 e. The number of carboxylic acids is 1. The highest BCUT2D eigenvalue weighted by Gasteiger charge is 2.18. The summed E-state index contributed by atoms with van der Waals surface area (Å²) in [7, 11) is 0. The van der Waals surface area contributed by atoms with Gasteiger partial charge in [0, 0.05) is 23.7 Å². The van der Waals surface area contributed by atoms with Crippen LogP contribution in [0, 0.1) is 0 Å². The number of amides is 1. The molecule has 0 aliphatic rings. The Morgan fingerprint density at radius 2 is 1.88 bits per heavy atom. The molecule has 1 heterocycles. The molecule has 0 atom stereocenters. The van der Waals surface area contributed by atoms with E-state index >= 15 is 0 Å². The highest BCUT2D eigenvalue weighted by molar-refractivity contribution is 6.31. The van der Waals surface area contributed by atoms with E-state index in [-0.39, 0.29) is 11.5 Å². The third-order valence-corrected chi connectivity index (χ3v) is 3.96. The third-order valence-electron chi connectivity index (χ3n) is 3.73. The lowest BCUT2D eigenvalue weighted by atomic mass is 10.2. The molecule has 0 saturated carbocycles. The van der Waals surface area contributed by atoms with E-state index in [1.807, 2.05) is 18.7 Å². The van der Waals surface area contributed by atoms with Gasteiger partial charge in [0.05, 0.1) is 11.9 Å². The van der Waals surface area contributed by atoms with Crippen LogP contribution < -0.4 is 10.2 Å². The number of hydrogen-bond donors (Lipinski definition) is 2. The SMILES string of the molecule is CCCN(CCC)c1ncc(NC(=O)c2cccc(Cl)c2)cc1C(=O)O. The first kappa shape index (κ1) is 19.7. The molecule has 1 amide bonds. The minimum atomic E-state index is -1.08. The van der Waals surface area contributed by atoms with Gasteiger partial charge in [0.2, 0.25) is 0 Å². The van der Waals surface area contributed by atoms with E-state index < -0.39 is 5.97 Å². The smallest absolute Gasteiger partial charge is 0.339 e. The third kappa shape index (κ3) is 4.95. The normalized spacial score (nSPS) is 10.4. The maximum Gasteiger partial charge on any atom is 0.339 e. The number of aromatic nitrogens is 1. The summed E-state index contributed by atoms with van der Waals surface area (Å²) < 4.78 is 0. The number of aromatic carboxylic acids is 1. The summed E-state index contributed by atoms with van der Waals surface area (Å²) in [5.41, 5.74) is 0.775. The van der Waals surface area contributed by atoms with Gasteiger partial charge in [-0.05, 0) is 37.1 Å². The molecule has 6 nitrogen and oxygen atoms in total. The van der Waals surface area contributed by atoms with Crippen LogP contribution in [0.5, 0.6) is 0 Å². The molecule has 2 N–H and O–H groups in total. The Labute approximate surface area is 157 Å². The fraction of sp³-hybridized carbons (Fsp3) is 0.316. The largest absolute Gasteiger partial charge is 0.478 e. The maximum atomic E-state index is 12.3. The predicted octanol–water partition coefficient (Wildman–Crippen LogP) is 4.31. The Kier molecular flexibility index (Phi) is 6.97. The first-order valence-electron chi connectivity index (χ1n) is 8.51. The van der Waals surface area contributed by atoms with E-state index in [9.17, 15) is 14.7 Å². The number of carbonyl (C=O) groups is 2. The zero-order valence-electron chi connectivity index (χ0n) is 14.8. The van der Waals surface area contributed by atoms with Gasteiger partial charge in [0.15, 0.2) is 0 Å². The molecule has 138 valence electrons. The van der Waals surface area contributed by atoms with Crippen molar-refractivity contribution >= 4 is 35.0 Å². The van der Waals surface area contributed by atoms with Gasteiger partial charge in [0.1, 0.15) is 11.4 Å². The van der Waals surface area contributed by atoms with Crippen LogP contribution in [-0.2, 0) is 0 Å². The minimum absolute atomic E-state index is 0.0656. The number of hydrogen-bond acceptors (Lipinski definition) is 4. The highest BCUT2D eigenvalue weighted by Crippen LogP contribution is 2.23. The number of benzene rings is 1. The van der Waals surface area contributed by atoms with Crippen LogP contribution in [0.2, 0.25) is 5.02 Å². The molecular weight excluding hydrogens is 354 g/mol. The Morgan fingerprint density at radius 3 is 2.46 bits per heavy atom. The van der Waals surface area contributed by atoms with Crippen molar-refractivity contribution in [2.24, 2.45) is 0 Å². The number of anilines is 2. The van der Waals surface area contributed by atoms with Gasteiger partial charge in [-0.15, -0.1) is 0 Å². The van der Waals surface area contributed by atoms with Crippen molar-refractivity contribution in [1.82, 2.24) is 4.98 Å². The topological polar surface area (TPSA) is 82.5 Å². The molecule has 2 rings (SSSR count). The fourth-order valence-corrected chi connectivity index (χ4v) is 2.82. The summed E-state index contributed by atoms with van der Waals surface area (Å²) >= 11 is 5.90. The van der Waals surface area contributed by atoms with E-state index in [0.717, 1.165) is 25.9 Å². The van der Waals surface area contributed by atoms with E-state index in [4.69, 9.17) is 11.6 Å². The standard InChI is InChI=1S/C19H22ClN3O3/c1-3-8-23(9-4-2)17-16(19(25)26)11-15(12-21-17)22-18(24)13-6-5-7-14(20)10-13/h5-7,10-12H,3-4,8-9H2,1-2H3,(H,22,24)(H,25,26). The van der Waals surface area contributed by atoms with E-state index in [1.165, 1.54) is 12.3 Å². The molecule has 0 unspecified atom stereocenters. The average Bonchev–Trinajstić information content (AvgIpc) is 2.61. The van der Waals surface area contributed by atoms with Gasteiger partial charge < -0.3 is 15.3 Å². The number of nitrogens with zero attached hydrogens (tertiary/aromatic N) is 2. The van der Waals surface area contributed by atoms with Crippen LogP contribution in [0.3, 0.4) is 0 Å². The van der Waals surface area contributed by atoms with Crippen molar-refractivity contribution in [2.75, 3.05) is 23.3 Å². The Morgan fingerprint density at radius 1 is 1.19 bits per heavy atom. The highest BCUT2D eigenvalue weighted by atomic mass is 35.5. The quantitative estimate of drug-likeness (QED) is 0.718. The molecule has 26 heavy (non-hydrogen) atoms. The number of pyridine rings is 1. The van der Waals surface area contributed by atoms with Gasteiger partial charge in [-0.1, -0.05) is 31.5 Å².